The van der Waals surface area contributed by atoms with Crippen LogP contribution >= 0.6 is 11.8 Å². The van der Waals surface area contributed by atoms with Crippen molar-refractivity contribution in [2.45, 2.75) is 115 Å². The van der Waals surface area contributed by atoms with Gasteiger partial charge in [-0.15, -0.1) is 0 Å². The molecule has 0 amide bonds. The molecule has 0 saturated heterocycles. The highest BCUT2D eigenvalue weighted by molar-refractivity contribution is 7.99. The summed E-state index contributed by atoms with van der Waals surface area (Å²) in [5.41, 5.74) is 5.65. The summed E-state index contributed by atoms with van der Waals surface area (Å²) in [6.45, 7) is 27.3. The van der Waals surface area contributed by atoms with E-state index in [0.717, 1.165) is 0 Å². The van der Waals surface area contributed by atoms with Gasteiger partial charge in [-0.05, 0) is 56.0 Å². The Hall–Kier alpha value is -1.21. The van der Waals surface area contributed by atoms with Gasteiger partial charge in [-0.1, -0.05) is 107 Å². The van der Waals surface area contributed by atoms with Crippen LogP contribution in [0.1, 0.15) is 105 Å². The van der Waals surface area contributed by atoms with Crippen LogP contribution in [0.2, 0.25) is 0 Å². The third-order valence-electron chi connectivity index (χ3n) is 5.26. The van der Waals surface area contributed by atoms with Crippen LogP contribution in [0.4, 0.5) is 0 Å². The van der Waals surface area contributed by atoms with E-state index in [1.54, 1.807) is 11.8 Å². The average Bonchev–Trinajstić information content (AvgIpc) is 2.51. The van der Waals surface area contributed by atoms with Crippen LogP contribution < -0.4 is 0 Å². The lowest BCUT2D eigenvalue weighted by Crippen LogP contribution is -2.17. The predicted octanol–water partition coefficient (Wildman–Crippen LogP) is 8.63. The molecule has 2 aromatic rings. The largest absolute Gasteiger partial charge is 0.0888 e. The second kappa shape index (κ2) is 7.80. The Morgan fingerprint density at radius 2 is 0.793 bits per heavy atom. The summed E-state index contributed by atoms with van der Waals surface area (Å²) in [6, 6.07) is 16.7. The third-order valence-corrected chi connectivity index (χ3v) is 6.14. The summed E-state index contributed by atoms with van der Waals surface area (Å²) in [5.74, 6) is 0. The van der Waals surface area contributed by atoms with Crippen LogP contribution in [0.5, 0.6) is 0 Å². The summed E-state index contributed by atoms with van der Waals surface area (Å²) in [5, 5.41) is 0. The van der Waals surface area contributed by atoms with Crippen LogP contribution in [0, 0.1) is 12.1 Å². The molecule has 2 rings (SSSR count). The molecule has 2 radical (unpaired) electrons. The molecule has 0 heterocycles. The van der Waals surface area contributed by atoms with E-state index in [-0.39, 0.29) is 21.7 Å². The van der Waals surface area contributed by atoms with Gasteiger partial charge in [0.15, 0.2) is 0 Å². The smallest absolute Gasteiger partial charge is 0.0207 e. The molecule has 0 bridgehead atoms. The maximum atomic E-state index is 3.70. The lowest BCUT2D eigenvalue weighted by Gasteiger charge is -2.27. The van der Waals surface area contributed by atoms with Gasteiger partial charge in [0.05, 0.1) is 0 Å². The number of benzene rings is 2. The van der Waals surface area contributed by atoms with E-state index in [1.165, 1.54) is 32.0 Å². The molecule has 0 fully saturated rings. The van der Waals surface area contributed by atoms with Crippen molar-refractivity contribution < 1.29 is 0 Å². The Kier molecular flexibility index (Phi) is 6.47. The fourth-order valence-corrected chi connectivity index (χ4v) is 3.92. The van der Waals surface area contributed by atoms with E-state index in [0.29, 0.717) is 0 Å². The molecular weight excluding hydrogens is 368 g/mol. The van der Waals surface area contributed by atoms with Crippen molar-refractivity contribution in [1.82, 2.24) is 0 Å². The maximum Gasteiger partial charge on any atom is 0.0207 e. The fraction of sp³-hybridized carbons (Fsp3) is 0.571. The summed E-state index contributed by atoms with van der Waals surface area (Å²) < 4.78 is 0. The van der Waals surface area contributed by atoms with Crippen molar-refractivity contribution in [3.63, 3.8) is 0 Å². The molecule has 158 valence electrons. The van der Waals surface area contributed by atoms with Crippen molar-refractivity contribution >= 4 is 11.8 Å². The van der Waals surface area contributed by atoms with E-state index in [1.807, 2.05) is 0 Å². The first kappa shape index (κ1) is 24.1. The van der Waals surface area contributed by atoms with E-state index in [4.69, 9.17) is 0 Å². The summed E-state index contributed by atoms with van der Waals surface area (Å²) >= 11 is 1.80. The molecule has 0 aromatic heterocycles. The first-order valence-electron chi connectivity index (χ1n) is 10.7. The minimum atomic E-state index is 0.0735. The molecule has 1 heteroatoms. The SMILES string of the molecule is CC(C)(C)c1[c]c(Sc2[c]c(C(C)(C)C)cc(C(C)(C)C)c2)cc(C(C)(C)C)c1. The van der Waals surface area contributed by atoms with E-state index in [2.05, 4.69) is 119 Å². The Morgan fingerprint density at radius 3 is 1.03 bits per heavy atom. The summed E-state index contributed by atoms with van der Waals surface area (Å²) in [6.07, 6.45) is 0. The highest BCUT2D eigenvalue weighted by atomic mass is 32.2. The predicted molar refractivity (Wildman–Crippen MR) is 129 cm³/mol. The molecule has 0 aliphatic rings. The van der Waals surface area contributed by atoms with Crippen molar-refractivity contribution in [3.8, 4) is 0 Å². The van der Waals surface area contributed by atoms with Gasteiger partial charge in [0.25, 0.3) is 0 Å². The molecule has 0 N–H and O–H groups in total. The Bertz CT molecular complexity index is 721. The zero-order valence-corrected chi connectivity index (χ0v) is 21.5. The van der Waals surface area contributed by atoms with Gasteiger partial charge >= 0.3 is 0 Å². The zero-order chi connectivity index (χ0) is 22.4. The van der Waals surface area contributed by atoms with Crippen LogP contribution in [0.25, 0.3) is 0 Å². The molecule has 0 saturated carbocycles. The van der Waals surface area contributed by atoms with Gasteiger partial charge in [0.2, 0.25) is 0 Å². The van der Waals surface area contributed by atoms with Crippen molar-refractivity contribution in [1.29, 1.82) is 0 Å². The standard InChI is InChI=1S/C28H40S/c1-25(2,3)19-13-20(26(4,5)6)16-23(15-19)29-24-17-21(27(7,8)9)14-22(18-24)28(10,11)12/h13-15,17H,1-12H3. The van der Waals surface area contributed by atoms with Crippen LogP contribution in [0.3, 0.4) is 0 Å². The average molecular weight is 409 g/mol. The first-order valence-corrected chi connectivity index (χ1v) is 11.5. The van der Waals surface area contributed by atoms with Gasteiger partial charge in [0, 0.05) is 21.9 Å². The molecular formula is C28H40S. The summed E-state index contributed by atoms with van der Waals surface area (Å²) in [7, 11) is 0. The first-order chi connectivity index (χ1) is 12.9. The highest BCUT2D eigenvalue weighted by Crippen LogP contribution is 2.38. The van der Waals surface area contributed by atoms with Crippen LogP contribution in [-0.2, 0) is 21.7 Å². The summed E-state index contributed by atoms with van der Waals surface area (Å²) in [4.78, 5) is 2.37. The number of hydrogen-bond donors (Lipinski definition) is 0. The van der Waals surface area contributed by atoms with Gasteiger partial charge in [-0.3, -0.25) is 0 Å². The number of rotatable bonds is 2. The lowest BCUT2D eigenvalue weighted by molar-refractivity contribution is 0.564. The molecule has 2 aromatic carbocycles. The maximum absolute atomic E-state index is 3.70. The minimum absolute atomic E-state index is 0.0735. The fourth-order valence-electron chi connectivity index (χ4n) is 2.99. The van der Waals surface area contributed by atoms with E-state index in [9.17, 15) is 0 Å². The third kappa shape index (κ3) is 6.38. The van der Waals surface area contributed by atoms with Crippen molar-refractivity contribution in [2.24, 2.45) is 0 Å². The Balaban J connectivity index is 2.61. The zero-order valence-electron chi connectivity index (χ0n) is 20.7. The molecule has 29 heavy (non-hydrogen) atoms. The molecule has 0 nitrogen and oxygen atoms in total. The molecule has 0 aliphatic heterocycles. The van der Waals surface area contributed by atoms with E-state index >= 15 is 0 Å². The molecule has 0 atom stereocenters. The van der Waals surface area contributed by atoms with Gasteiger partial charge in [-0.25, -0.2) is 0 Å². The molecule has 0 unspecified atom stereocenters. The monoisotopic (exact) mass is 408 g/mol. The van der Waals surface area contributed by atoms with Crippen molar-refractivity contribution in [2.75, 3.05) is 0 Å². The van der Waals surface area contributed by atoms with Crippen LogP contribution in [-0.4, -0.2) is 0 Å². The quantitative estimate of drug-likeness (QED) is 0.479. The second-order valence-electron chi connectivity index (χ2n) is 12.4. The highest BCUT2D eigenvalue weighted by Gasteiger charge is 2.23. The molecule has 0 aliphatic carbocycles. The Morgan fingerprint density at radius 1 is 0.483 bits per heavy atom. The lowest BCUT2D eigenvalue weighted by atomic mass is 9.81. The normalized spacial score (nSPS) is 13.7. The Labute approximate surface area is 184 Å². The van der Waals surface area contributed by atoms with Gasteiger partial charge in [0.1, 0.15) is 0 Å². The van der Waals surface area contributed by atoms with Gasteiger partial charge in [-0.2, -0.15) is 0 Å². The number of hydrogen-bond acceptors (Lipinski definition) is 1. The van der Waals surface area contributed by atoms with Gasteiger partial charge < -0.3 is 0 Å². The second-order valence-corrected chi connectivity index (χ2v) is 13.5. The minimum Gasteiger partial charge on any atom is -0.0888 e. The van der Waals surface area contributed by atoms with Crippen LogP contribution in [0.15, 0.2) is 34.1 Å². The van der Waals surface area contributed by atoms with E-state index < -0.39 is 0 Å². The molecule has 0 spiro atoms. The van der Waals surface area contributed by atoms with Crippen molar-refractivity contribution in [3.05, 3.63) is 58.7 Å². The topological polar surface area (TPSA) is 0 Å².